The third-order valence-electron chi connectivity index (χ3n) is 3.71. The normalized spacial score (nSPS) is 11.3. The lowest BCUT2D eigenvalue weighted by Gasteiger charge is -2.03. The molecule has 3 nitrogen and oxygen atoms in total. The third-order valence-corrected chi connectivity index (χ3v) is 4.65. The van der Waals surface area contributed by atoms with Crippen LogP contribution in [0.5, 0.6) is 0 Å². The van der Waals surface area contributed by atoms with E-state index in [0.717, 1.165) is 25.2 Å². The van der Waals surface area contributed by atoms with Crippen LogP contribution in [0.25, 0.3) is 10.9 Å². The van der Waals surface area contributed by atoms with Crippen molar-refractivity contribution >= 4 is 22.2 Å². The number of H-pyrrole nitrogens is 1. The maximum atomic E-state index is 4.27. The fraction of sp³-hybridized carbons (Fsp3) is 0.312. The molecule has 3 rings (SSSR count). The van der Waals surface area contributed by atoms with Crippen LogP contribution in [-0.2, 0) is 13.0 Å². The summed E-state index contributed by atoms with van der Waals surface area (Å²) in [6.07, 6.45) is 3.18. The van der Waals surface area contributed by atoms with Gasteiger partial charge < -0.3 is 10.3 Å². The van der Waals surface area contributed by atoms with Crippen molar-refractivity contribution in [2.24, 2.45) is 0 Å². The Morgan fingerprint density at radius 3 is 3.00 bits per heavy atom. The number of aromatic amines is 1. The summed E-state index contributed by atoms with van der Waals surface area (Å²) >= 11 is 1.72. The van der Waals surface area contributed by atoms with Gasteiger partial charge in [-0.3, -0.25) is 0 Å². The number of nitrogens with zero attached hydrogens (tertiary/aromatic N) is 1. The molecule has 2 N–H and O–H groups in total. The zero-order valence-electron chi connectivity index (χ0n) is 11.9. The van der Waals surface area contributed by atoms with Gasteiger partial charge in [0.1, 0.15) is 0 Å². The van der Waals surface area contributed by atoms with E-state index in [2.05, 4.69) is 53.5 Å². The molecular weight excluding hydrogens is 266 g/mol. The van der Waals surface area contributed by atoms with Gasteiger partial charge in [-0.25, -0.2) is 4.98 Å². The summed E-state index contributed by atoms with van der Waals surface area (Å²) in [6.45, 7) is 6.11. The molecule has 0 spiro atoms. The third kappa shape index (κ3) is 2.62. The first-order chi connectivity index (χ1) is 9.75. The lowest BCUT2D eigenvalue weighted by Crippen LogP contribution is -2.16. The lowest BCUT2D eigenvalue weighted by molar-refractivity contribution is 0.692. The summed E-state index contributed by atoms with van der Waals surface area (Å²) in [7, 11) is 0. The van der Waals surface area contributed by atoms with E-state index >= 15 is 0 Å². The van der Waals surface area contributed by atoms with Crippen LogP contribution in [0.3, 0.4) is 0 Å². The minimum atomic E-state index is 0.915. The van der Waals surface area contributed by atoms with E-state index in [4.69, 9.17) is 0 Å². The summed E-state index contributed by atoms with van der Waals surface area (Å²) < 4.78 is 0. The van der Waals surface area contributed by atoms with Crippen LogP contribution in [-0.4, -0.2) is 16.5 Å². The number of thiazole rings is 1. The molecule has 20 heavy (non-hydrogen) atoms. The van der Waals surface area contributed by atoms with Crippen molar-refractivity contribution in [3.05, 3.63) is 51.6 Å². The van der Waals surface area contributed by atoms with Gasteiger partial charge in [-0.1, -0.05) is 18.2 Å². The molecule has 0 amide bonds. The van der Waals surface area contributed by atoms with Gasteiger partial charge in [-0.05, 0) is 37.9 Å². The second-order valence-electron chi connectivity index (χ2n) is 5.10. The van der Waals surface area contributed by atoms with Crippen LogP contribution < -0.4 is 5.32 Å². The number of benzene rings is 1. The molecule has 0 fully saturated rings. The van der Waals surface area contributed by atoms with Crippen molar-refractivity contribution in [3.8, 4) is 0 Å². The van der Waals surface area contributed by atoms with E-state index < -0.39 is 0 Å². The smallest absolute Gasteiger partial charge is 0.0798 e. The Morgan fingerprint density at radius 1 is 1.30 bits per heavy atom. The number of rotatable bonds is 5. The number of hydrogen-bond acceptors (Lipinski definition) is 3. The first kappa shape index (κ1) is 13.3. The van der Waals surface area contributed by atoms with E-state index in [0.29, 0.717) is 0 Å². The van der Waals surface area contributed by atoms with Gasteiger partial charge in [0, 0.05) is 28.5 Å². The van der Waals surface area contributed by atoms with Gasteiger partial charge in [0.05, 0.1) is 11.2 Å². The average Bonchev–Trinajstić information content (AvgIpc) is 3.03. The van der Waals surface area contributed by atoms with Gasteiger partial charge in [0.2, 0.25) is 0 Å². The van der Waals surface area contributed by atoms with E-state index in [-0.39, 0.29) is 0 Å². The number of hydrogen-bond donors (Lipinski definition) is 2. The minimum Gasteiger partial charge on any atom is -0.361 e. The number of aryl methyl sites for hydroxylation is 2. The molecule has 0 atom stereocenters. The standard InChI is InChI=1S/C16H19N3S/c1-11-4-3-5-14-13(8-18-16(11)14)6-7-17-9-15-12(2)19-10-20-15/h3-5,8,10,17-18H,6-7,9H2,1-2H3. The SMILES string of the molecule is Cc1ncsc1CNCCc1c[nH]c2c(C)cccc12. The maximum absolute atomic E-state index is 4.27. The zero-order valence-corrected chi connectivity index (χ0v) is 12.7. The summed E-state index contributed by atoms with van der Waals surface area (Å²) in [6, 6.07) is 6.47. The van der Waals surface area contributed by atoms with E-state index in [1.54, 1.807) is 11.3 Å². The lowest BCUT2D eigenvalue weighted by atomic mass is 10.1. The van der Waals surface area contributed by atoms with Crippen molar-refractivity contribution in [2.75, 3.05) is 6.54 Å². The number of aromatic nitrogens is 2. The Balaban J connectivity index is 1.60. The fourth-order valence-corrected chi connectivity index (χ4v) is 3.24. The van der Waals surface area contributed by atoms with Crippen molar-refractivity contribution in [1.29, 1.82) is 0 Å². The highest BCUT2D eigenvalue weighted by molar-refractivity contribution is 7.09. The van der Waals surface area contributed by atoms with Gasteiger partial charge in [0.25, 0.3) is 0 Å². The van der Waals surface area contributed by atoms with Crippen molar-refractivity contribution in [2.45, 2.75) is 26.8 Å². The highest BCUT2D eigenvalue weighted by atomic mass is 32.1. The highest BCUT2D eigenvalue weighted by Crippen LogP contribution is 2.21. The van der Waals surface area contributed by atoms with Gasteiger partial charge >= 0.3 is 0 Å². The summed E-state index contributed by atoms with van der Waals surface area (Å²) in [5, 5.41) is 4.85. The van der Waals surface area contributed by atoms with Gasteiger partial charge in [-0.2, -0.15) is 0 Å². The van der Waals surface area contributed by atoms with Crippen molar-refractivity contribution in [1.82, 2.24) is 15.3 Å². The zero-order chi connectivity index (χ0) is 13.9. The van der Waals surface area contributed by atoms with Crippen molar-refractivity contribution in [3.63, 3.8) is 0 Å². The van der Waals surface area contributed by atoms with Crippen LogP contribution in [0.2, 0.25) is 0 Å². The monoisotopic (exact) mass is 285 g/mol. The number of para-hydroxylation sites is 1. The molecular formula is C16H19N3S. The quantitative estimate of drug-likeness (QED) is 0.704. The second kappa shape index (κ2) is 5.77. The molecule has 3 aromatic rings. The Kier molecular flexibility index (Phi) is 3.85. The Morgan fingerprint density at radius 2 is 2.20 bits per heavy atom. The molecule has 0 saturated heterocycles. The Hall–Kier alpha value is -1.65. The molecule has 1 aromatic carbocycles. The number of fused-ring (bicyclic) bond motifs is 1. The molecule has 2 aromatic heterocycles. The molecule has 104 valence electrons. The number of nitrogens with one attached hydrogen (secondary N) is 2. The minimum absolute atomic E-state index is 0.915. The van der Waals surface area contributed by atoms with Crippen LogP contribution in [0, 0.1) is 13.8 Å². The molecule has 2 heterocycles. The van der Waals surface area contributed by atoms with E-state index in [1.165, 1.54) is 26.9 Å². The molecule has 0 aliphatic rings. The predicted octanol–water partition coefficient (Wildman–Crippen LogP) is 3.57. The largest absolute Gasteiger partial charge is 0.361 e. The first-order valence-corrected chi connectivity index (χ1v) is 7.79. The average molecular weight is 285 g/mol. The first-order valence-electron chi connectivity index (χ1n) is 6.91. The summed E-state index contributed by atoms with van der Waals surface area (Å²) in [5.74, 6) is 0. The van der Waals surface area contributed by atoms with Crippen LogP contribution in [0.15, 0.2) is 29.9 Å². The fourth-order valence-electron chi connectivity index (χ4n) is 2.49. The van der Waals surface area contributed by atoms with Crippen LogP contribution in [0.1, 0.15) is 21.7 Å². The molecule has 0 unspecified atom stereocenters. The van der Waals surface area contributed by atoms with Gasteiger partial charge in [0.15, 0.2) is 0 Å². The van der Waals surface area contributed by atoms with Gasteiger partial charge in [-0.15, -0.1) is 11.3 Å². The second-order valence-corrected chi connectivity index (χ2v) is 6.04. The molecule has 0 bridgehead atoms. The predicted molar refractivity (Wildman–Crippen MR) is 85.3 cm³/mol. The van der Waals surface area contributed by atoms with E-state index in [1.807, 2.05) is 5.51 Å². The highest BCUT2D eigenvalue weighted by Gasteiger charge is 2.05. The van der Waals surface area contributed by atoms with Crippen LogP contribution in [0.4, 0.5) is 0 Å². The Labute approximate surface area is 123 Å². The summed E-state index contributed by atoms with van der Waals surface area (Å²) in [5.41, 5.74) is 7.01. The Bertz CT molecular complexity index is 711. The topological polar surface area (TPSA) is 40.7 Å². The van der Waals surface area contributed by atoms with Crippen molar-refractivity contribution < 1.29 is 0 Å². The van der Waals surface area contributed by atoms with Crippen LogP contribution >= 0.6 is 11.3 Å². The molecule has 0 radical (unpaired) electrons. The maximum Gasteiger partial charge on any atom is 0.0798 e. The van der Waals surface area contributed by atoms with E-state index in [9.17, 15) is 0 Å². The molecule has 0 saturated carbocycles. The molecule has 0 aliphatic carbocycles. The molecule has 4 heteroatoms. The molecule has 0 aliphatic heterocycles. The summed E-state index contributed by atoms with van der Waals surface area (Å²) in [4.78, 5) is 8.99.